The molecule has 1 aromatic carbocycles. The maximum atomic E-state index is 12.4. The van der Waals surface area contributed by atoms with Crippen LogP contribution in [0.2, 0.25) is 0 Å². The molecule has 0 unspecified atom stereocenters. The third-order valence-electron chi connectivity index (χ3n) is 2.18. The molecule has 2 rings (SSSR count). The van der Waals surface area contributed by atoms with Crippen molar-refractivity contribution >= 4 is 15.9 Å². The normalized spacial score (nSPS) is 14.7. The van der Waals surface area contributed by atoms with Crippen molar-refractivity contribution in [3.8, 4) is 5.75 Å². The molecule has 0 bridgehead atoms. The van der Waals surface area contributed by atoms with Crippen LogP contribution in [-0.4, -0.2) is 5.11 Å². The number of benzene rings is 1. The zero-order chi connectivity index (χ0) is 10.4. The Morgan fingerprint density at radius 3 is 1.93 bits per heavy atom. The minimum atomic E-state index is -0.449. The molecule has 1 saturated carbocycles. The molecule has 0 aromatic heterocycles. The summed E-state index contributed by atoms with van der Waals surface area (Å²) >= 11 is 2.85. The number of hydrogen-bond acceptors (Lipinski definition) is 1. The van der Waals surface area contributed by atoms with Gasteiger partial charge in [0.05, 0.1) is 4.47 Å². The first-order valence-electron chi connectivity index (χ1n) is 4.85. The van der Waals surface area contributed by atoms with Crippen LogP contribution in [0.4, 0.5) is 4.39 Å². The summed E-state index contributed by atoms with van der Waals surface area (Å²) in [6.07, 6.45) is 7.50. The van der Waals surface area contributed by atoms with Gasteiger partial charge in [-0.2, -0.15) is 0 Å². The van der Waals surface area contributed by atoms with E-state index in [0.717, 1.165) is 0 Å². The third-order valence-corrected chi connectivity index (χ3v) is 2.97. The lowest BCUT2D eigenvalue weighted by Crippen LogP contribution is -1.74. The smallest absolute Gasteiger partial charge is 0.141 e. The average molecular weight is 261 g/mol. The third kappa shape index (κ3) is 3.66. The Hall–Kier alpha value is -0.570. The highest BCUT2D eigenvalue weighted by atomic mass is 79.9. The minimum absolute atomic E-state index is 0.0741. The summed E-state index contributed by atoms with van der Waals surface area (Å²) in [5.41, 5.74) is 0. The molecule has 0 heterocycles. The van der Waals surface area contributed by atoms with Crippen LogP contribution in [0.1, 0.15) is 32.1 Å². The predicted octanol–water partition coefficient (Wildman–Crippen LogP) is 4.24. The molecule has 0 spiro atoms. The summed E-state index contributed by atoms with van der Waals surface area (Å²) in [5.74, 6) is -0.523. The first-order valence-corrected chi connectivity index (χ1v) is 5.64. The molecular weight excluding hydrogens is 247 g/mol. The molecular formula is C11H14BrFO. The summed E-state index contributed by atoms with van der Waals surface area (Å²) in [5, 5.41) is 8.81. The molecule has 1 aliphatic carbocycles. The molecule has 0 saturated heterocycles. The van der Waals surface area contributed by atoms with Gasteiger partial charge in [-0.25, -0.2) is 4.39 Å². The van der Waals surface area contributed by atoms with E-state index < -0.39 is 5.82 Å². The lowest BCUT2D eigenvalue weighted by molar-refractivity contribution is 0.464. The second-order valence-corrected chi connectivity index (χ2v) is 4.13. The van der Waals surface area contributed by atoms with Crippen LogP contribution >= 0.6 is 15.9 Å². The molecule has 1 fully saturated rings. The lowest BCUT2D eigenvalue weighted by atomic mass is 10.3. The predicted molar refractivity (Wildman–Crippen MR) is 58.8 cm³/mol. The molecule has 0 aliphatic heterocycles. The van der Waals surface area contributed by atoms with E-state index in [1.165, 1.54) is 50.3 Å². The van der Waals surface area contributed by atoms with Crippen LogP contribution in [0.5, 0.6) is 5.75 Å². The van der Waals surface area contributed by atoms with Gasteiger partial charge in [-0.15, -0.1) is 0 Å². The maximum absolute atomic E-state index is 12.4. The van der Waals surface area contributed by atoms with Gasteiger partial charge in [-0.05, 0) is 28.1 Å². The van der Waals surface area contributed by atoms with Crippen molar-refractivity contribution in [2.45, 2.75) is 32.1 Å². The van der Waals surface area contributed by atoms with Gasteiger partial charge in [0, 0.05) is 0 Å². The fourth-order valence-electron chi connectivity index (χ4n) is 1.38. The molecule has 14 heavy (non-hydrogen) atoms. The molecule has 1 nitrogen and oxygen atoms in total. The van der Waals surface area contributed by atoms with E-state index in [2.05, 4.69) is 15.9 Å². The van der Waals surface area contributed by atoms with Gasteiger partial charge in [-0.1, -0.05) is 38.2 Å². The number of halogens is 2. The first kappa shape index (κ1) is 11.5. The molecule has 1 N–H and O–H groups in total. The summed E-state index contributed by atoms with van der Waals surface area (Å²) in [6, 6.07) is 4.12. The van der Waals surface area contributed by atoms with Crippen molar-refractivity contribution in [2.24, 2.45) is 0 Å². The Morgan fingerprint density at radius 1 is 1.07 bits per heavy atom. The highest BCUT2D eigenvalue weighted by Gasteiger charge is 2.00. The highest BCUT2D eigenvalue weighted by Crippen LogP contribution is 2.25. The monoisotopic (exact) mass is 260 g/mol. The number of phenolic OH excluding ortho intramolecular Hbond substituents is 1. The van der Waals surface area contributed by atoms with Crippen molar-refractivity contribution in [1.82, 2.24) is 0 Å². The number of hydrogen-bond donors (Lipinski definition) is 1. The molecule has 1 aromatic rings. The standard InChI is InChI=1S/C6H4BrFO.C5H10/c7-6-4(8)2-1-3-5(6)9;1-2-4-5-3-1/h1-3,9H;1-5H2. The Labute approximate surface area is 92.1 Å². The zero-order valence-electron chi connectivity index (χ0n) is 7.97. The molecule has 1 aliphatic rings. The second kappa shape index (κ2) is 6.02. The second-order valence-electron chi connectivity index (χ2n) is 3.34. The van der Waals surface area contributed by atoms with E-state index in [9.17, 15) is 4.39 Å². The van der Waals surface area contributed by atoms with Crippen LogP contribution in [0.3, 0.4) is 0 Å². The SMILES string of the molecule is C1CCCC1.Oc1cccc(F)c1Br. The Balaban J connectivity index is 0.000000165. The van der Waals surface area contributed by atoms with E-state index in [1.807, 2.05) is 0 Å². The summed E-state index contributed by atoms with van der Waals surface area (Å²) in [7, 11) is 0. The van der Waals surface area contributed by atoms with Crippen LogP contribution in [0.15, 0.2) is 22.7 Å². The van der Waals surface area contributed by atoms with Crippen molar-refractivity contribution in [3.63, 3.8) is 0 Å². The van der Waals surface area contributed by atoms with E-state index in [-0.39, 0.29) is 10.2 Å². The van der Waals surface area contributed by atoms with Crippen molar-refractivity contribution in [2.75, 3.05) is 0 Å². The van der Waals surface area contributed by atoms with Crippen molar-refractivity contribution < 1.29 is 9.50 Å². The van der Waals surface area contributed by atoms with Crippen molar-refractivity contribution in [3.05, 3.63) is 28.5 Å². The van der Waals surface area contributed by atoms with Gasteiger partial charge >= 0.3 is 0 Å². The molecule has 78 valence electrons. The summed E-state index contributed by atoms with van der Waals surface area (Å²) in [4.78, 5) is 0. The topological polar surface area (TPSA) is 20.2 Å². The van der Waals surface area contributed by atoms with Gasteiger partial charge in [0.15, 0.2) is 0 Å². The molecule has 0 atom stereocenters. The summed E-state index contributed by atoms with van der Waals surface area (Å²) in [6.45, 7) is 0. The Bertz CT molecular complexity index is 257. The lowest BCUT2D eigenvalue weighted by Gasteiger charge is -1.94. The largest absolute Gasteiger partial charge is 0.507 e. The van der Waals surface area contributed by atoms with E-state index in [4.69, 9.17) is 5.11 Å². The van der Waals surface area contributed by atoms with Crippen molar-refractivity contribution in [1.29, 1.82) is 0 Å². The number of rotatable bonds is 0. The van der Waals surface area contributed by atoms with Gasteiger partial charge < -0.3 is 5.11 Å². The van der Waals surface area contributed by atoms with E-state index in [0.29, 0.717) is 0 Å². The fourth-order valence-corrected chi connectivity index (χ4v) is 1.64. The first-order chi connectivity index (χ1) is 6.72. The minimum Gasteiger partial charge on any atom is -0.507 e. The van der Waals surface area contributed by atoms with Gasteiger partial charge in [0.25, 0.3) is 0 Å². The quantitative estimate of drug-likeness (QED) is 0.740. The van der Waals surface area contributed by atoms with Gasteiger partial charge in [0.1, 0.15) is 11.6 Å². The summed E-state index contributed by atoms with van der Waals surface area (Å²) < 4.78 is 12.5. The van der Waals surface area contributed by atoms with Crippen LogP contribution in [0, 0.1) is 5.82 Å². The molecule has 3 heteroatoms. The van der Waals surface area contributed by atoms with Crippen LogP contribution in [0.25, 0.3) is 0 Å². The van der Waals surface area contributed by atoms with Crippen LogP contribution in [-0.2, 0) is 0 Å². The van der Waals surface area contributed by atoms with Gasteiger partial charge in [0.2, 0.25) is 0 Å². The van der Waals surface area contributed by atoms with Crippen LogP contribution < -0.4 is 0 Å². The zero-order valence-corrected chi connectivity index (χ0v) is 9.56. The number of phenols is 1. The van der Waals surface area contributed by atoms with Gasteiger partial charge in [-0.3, -0.25) is 0 Å². The Kier molecular flexibility index (Phi) is 4.94. The molecule has 0 amide bonds. The molecule has 0 radical (unpaired) electrons. The highest BCUT2D eigenvalue weighted by molar-refractivity contribution is 9.10. The fraction of sp³-hybridized carbons (Fsp3) is 0.455. The van der Waals surface area contributed by atoms with E-state index in [1.54, 1.807) is 0 Å². The Morgan fingerprint density at radius 2 is 1.57 bits per heavy atom. The van der Waals surface area contributed by atoms with E-state index >= 15 is 0 Å². The average Bonchev–Trinajstić information content (AvgIpc) is 2.72. The maximum Gasteiger partial charge on any atom is 0.141 e. The number of aromatic hydroxyl groups is 1.